The van der Waals surface area contributed by atoms with Gasteiger partial charge in [0.15, 0.2) is 5.78 Å². The maximum Gasteiger partial charge on any atom is 0.408 e. The number of ether oxygens (including phenoxy) is 2. The minimum Gasteiger partial charge on any atom is -0.466 e. The van der Waals surface area contributed by atoms with E-state index in [4.69, 9.17) is 4.74 Å². The highest BCUT2D eigenvalue weighted by molar-refractivity contribution is 14.1. The Kier molecular flexibility index (Phi) is 12.6. The summed E-state index contributed by atoms with van der Waals surface area (Å²) in [5, 5.41) is 2.31. The average molecular weight is 399 g/mol. The Hall–Kier alpha value is -0.860. The number of carbonyl (C=O) groups excluding carboxylic acids is 3. The number of alkyl halides is 1. The van der Waals surface area contributed by atoms with E-state index in [0.29, 0.717) is 6.61 Å². The molecule has 1 amide bonds. The van der Waals surface area contributed by atoms with Crippen LogP contribution in [-0.4, -0.2) is 35.6 Å². The van der Waals surface area contributed by atoms with Gasteiger partial charge in [-0.3, -0.25) is 9.59 Å². The quantitative estimate of drug-likeness (QED) is 0.250. The molecule has 7 heteroatoms. The van der Waals surface area contributed by atoms with E-state index in [1.165, 1.54) is 0 Å². The fraction of sp³-hybridized carbons (Fsp3) is 0.769. The number of amides is 1. The van der Waals surface area contributed by atoms with Gasteiger partial charge in [0.1, 0.15) is 4.61 Å². The van der Waals surface area contributed by atoms with Crippen LogP contribution in [0.25, 0.3) is 0 Å². The first-order chi connectivity index (χ1) is 9.60. The summed E-state index contributed by atoms with van der Waals surface area (Å²) < 4.78 is 9.82. The van der Waals surface area contributed by atoms with Crippen LogP contribution in [0.3, 0.4) is 0 Å². The largest absolute Gasteiger partial charge is 0.466 e. The third kappa shape index (κ3) is 12.2. The van der Waals surface area contributed by atoms with Gasteiger partial charge in [-0.05, 0) is 29.0 Å². The van der Waals surface area contributed by atoms with Crippen molar-refractivity contribution in [2.45, 2.75) is 45.4 Å². The zero-order valence-electron chi connectivity index (χ0n) is 11.8. The van der Waals surface area contributed by atoms with E-state index in [-0.39, 0.29) is 35.8 Å². The second-order valence-electron chi connectivity index (χ2n) is 4.21. The number of ketones is 1. The molecule has 0 bridgehead atoms. The van der Waals surface area contributed by atoms with Gasteiger partial charge in [0.25, 0.3) is 0 Å². The smallest absolute Gasteiger partial charge is 0.408 e. The summed E-state index contributed by atoms with van der Waals surface area (Å²) in [6.45, 7) is 2.40. The Morgan fingerprint density at radius 1 is 1.05 bits per heavy atom. The lowest BCUT2D eigenvalue weighted by molar-refractivity contribution is -0.144. The third-order valence-electron chi connectivity index (χ3n) is 2.48. The lowest BCUT2D eigenvalue weighted by atomic mass is 10.2. The number of esters is 1. The van der Waals surface area contributed by atoms with E-state index in [1.807, 2.05) is 22.6 Å². The van der Waals surface area contributed by atoms with E-state index in [9.17, 15) is 14.4 Å². The number of hydrogen-bond acceptors (Lipinski definition) is 5. The molecule has 0 atom stereocenters. The maximum absolute atomic E-state index is 11.4. The van der Waals surface area contributed by atoms with Crippen LogP contribution >= 0.6 is 22.6 Å². The Morgan fingerprint density at radius 2 is 1.80 bits per heavy atom. The zero-order chi connectivity index (χ0) is 15.2. The molecule has 0 heterocycles. The van der Waals surface area contributed by atoms with Gasteiger partial charge in [-0.25, -0.2) is 4.79 Å². The molecule has 0 aromatic heterocycles. The van der Waals surface area contributed by atoms with Crippen molar-refractivity contribution >= 4 is 40.4 Å². The van der Waals surface area contributed by atoms with Crippen molar-refractivity contribution in [1.82, 2.24) is 5.32 Å². The highest BCUT2D eigenvalue weighted by Crippen LogP contribution is 2.01. The van der Waals surface area contributed by atoms with Crippen molar-refractivity contribution in [3.8, 4) is 0 Å². The van der Waals surface area contributed by atoms with Crippen LogP contribution in [0.4, 0.5) is 4.79 Å². The predicted molar refractivity (Wildman–Crippen MR) is 82.7 cm³/mol. The van der Waals surface area contributed by atoms with Crippen molar-refractivity contribution in [2.75, 3.05) is 17.8 Å². The summed E-state index contributed by atoms with van der Waals surface area (Å²) in [5.74, 6) is -0.594. The van der Waals surface area contributed by atoms with Crippen molar-refractivity contribution in [3.63, 3.8) is 0 Å². The van der Waals surface area contributed by atoms with Crippen LogP contribution in [-0.2, 0) is 19.1 Å². The van der Waals surface area contributed by atoms with Gasteiger partial charge >= 0.3 is 12.1 Å². The standard InChI is InChI=1S/C13H22INO5/c1-2-3-4-5-8-19-12(17)7-6-11(16)9-15-13(18)20-10-14/h2-10H2,1H3,(H,15,18). The molecule has 0 aliphatic carbocycles. The summed E-state index contributed by atoms with van der Waals surface area (Å²) in [6, 6.07) is 0. The summed E-state index contributed by atoms with van der Waals surface area (Å²) >= 11 is 1.88. The van der Waals surface area contributed by atoms with Crippen LogP contribution in [0.5, 0.6) is 0 Å². The highest BCUT2D eigenvalue weighted by atomic mass is 127. The van der Waals surface area contributed by atoms with E-state index in [2.05, 4.69) is 17.0 Å². The highest BCUT2D eigenvalue weighted by Gasteiger charge is 2.09. The molecule has 116 valence electrons. The molecule has 20 heavy (non-hydrogen) atoms. The number of carbonyl (C=O) groups is 3. The first-order valence-corrected chi connectivity index (χ1v) is 8.26. The molecular formula is C13H22INO5. The Morgan fingerprint density at radius 3 is 2.45 bits per heavy atom. The van der Waals surface area contributed by atoms with Gasteiger partial charge in [-0.2, -0.15) is 0 Å². The second kappa shape index (κ2) is 13.1. The molecule has 6 nitrogen and oxygen atoms in total. The number of Topliss-reactive ketones (excluding diaryl/α,β-unsaturated/α-hetero) is 1. The summed E-state index contributed by atoms with van der Waals surface area (Å²) in [4.78, 5) is 33.7. The molecule has 0 aliphatic heterocycles. The van der Waals surface area contributed by atoms with Crippen molar-refractivity contribution in [3.05, 3.63) is 0 Å². The van der Waals surface area contributed by atoms with Gasteiger partial charge in [0.05, 0.1) is 19.6 Å². The molecule has 0 saturated heterocycles. The number of unbranched alkanes of at least 4 members (excludes halogenated alkanes) is 3. The Balaban J connectivity index is 3.53. The van der Waals surface area contributed by atoms with Gasteiger partial charge in [0, 0.05) is 6.42 Å². The van der Waals surface area contributed by atoms with Crippen molar-refractivity contribution in [2.24, 2.45) is 0 Å². The van der Waals surface area contributed by atoms with Gasteiger partial charge in [-0.15, -0.1) is 0 Å². The normalized spacial score (nSPS) is 9.90. The first-order valence-electron chi connectivity index (χ1n) is 6.74. The molecule has 0 saturated carbocycles. The number of hydrogen-bond donors (Lipinski definition) is 1. The second-order valence-corrected chi connectivity index (χ2v) is 4.84. The maximum atomic E-state index is 11.4. The van der Waals surface area contributed by atoms with Gasteiger partial charge in [0.2, 0.25) is 0 Å². The average Bonchev–Trinajstić information content (AvgIpc) is 2.43. The molecule has 0 fully saturated rings. The monoisotopic (exact) mass is 399 g/mol. The number of alkyl carbamates (subject to hydrolysis) is 1. The minimum atomic E-state index is -0.633. The zero-order valence-corrected chi connectivity index (χ0v) is 13.9. The van der Waals surface area contributed by atoms with E-state index in [1.54, 1.807) is 0 Å². The van der Waals surface area contributed by atoms with Gasteiger partial charge < -0.3 is 14.8 Å². The molecule has 0 aromatic carbocycles. The predicted octanol–water partition coefficient (Wildman–Crippen LogP) is 2.58. The molecule has 0 spiro atoms. The number of halogens is 1. The Bertz CT molecular complexity index is 309. The molecule has 0 aromatic rings. The Labute approximate surface area is 133 Å². The number of nitrogens with one attached hydrogen (secondary N) is 1. The lowest BCUT2D eigenvalue weighted by Crippen LogP contribution is -2.30. The molecule has 0 aliphatic rings. The molecule has 0 radical (unpaired) electrons. The van der Waals surface area contributed by atoms with E-state index < -0.39 is 6.09 Å². The van der Waals surface area contributed by atoms with Crippen LogP contribution in [0.1, 0.15) is 45.4 Å². The van der Waals surface area contributed by atoms with Crippen LogP contribution in [0.2, 0.25) is 0 Å². The van der Waals surface area contributed by atoms with Crippen LogP contribution in [0.15, 0.2) is 0 Å². The molecule has 0 rings (SSSR count). The summed E-state index contributed by atoms with van der Waals surface area (Å²) in [6.07, 6.45) is 3.66. The van der Waals surface area contributed by atoms with Crippen LogP contribution < -0.4 is 5.32 Å². The molecule has 1 N–H and O–H groups in total. The topological polar surface area (TPSA) is 81.7 Å². The molecular weight excluding hydrogens is 377 g/mol. The van der Waals surface area contributed by atoms with Crippen molar-refractivity contribution in [1.29, 1.82) is 0 Å². The fourth-order valence-corrected chi connectivity index (χ4v) is 1.67. The number of rotatable bonds is 11. The molecule has 0 unspecified atom stereocenters. The van der Waals surface area contributed by atoms with Gasteiger partial charge in [-0.1, -0.05) is 26.2 Å². The van der Waals surface area contributed by atoms with E-state index >= 15 is 0 Å². The lowest BCUT2D eigenvalue weighted by Gasteiger charge is -2.05. The van der Waals surface area contributed by atoms with E-state index in [0.717, 1.165) is 25.7 Å². The van der Waals surface area contributed by atoms with Crippen molar-refractivity contribution < 1.29 is 23.9 Å². The summed E-state index contributed by atoms with van der Waals surface area (Å²) in [7, 11) is 0. The minimum absolute atomic E-state index is 0.0512. The third-order valence-corrected chi connectivity index (χ3v) is 2.80. The summed E-state index contributed by atoms with van der Waals surface area (Å²) in [5.41, 5.74) is 0. The van der Waals surface area contributed by atoms with Crippen LogP contribution in [0, 0.1) is 0 Å². The fourth-order valence-electron chi connectivity index (χ4n) is 1.39. The first kappa shape index (κ1) is 19.1. The SMILES string of the molecule is CCCCCCOC(=O)CCC(=O)CNC(=O)OCI.